The maximum absolute atomic E-state index is 8.79. The van der Waals surface area contributed by atoms with Crippen molar-refractivity contribution >= 4 is 0 Å². The number of rotatable bonds is 3. The molecule has 1 saturated heterocycles. The average Bonchev–Trinajstić information content (AvgIpc) is 2.72. The van der Waals surface area contributed by atoms with Crippen molar-refractivity contribution in [3.05, 3.63) is 24.2 Å². The summed E-state index contributed by atoms with van der Waals surface area (Å²) in [6.07, 6.45) is 2.28. The number of nitriles is 1. The lowest BCUT2D eigenvalue weighted by Crippen LogP contribution is -2.37. The molecule has 2 unspecified atom stereocenters. The van der Waals surface area contributed by atoms with Crippen LogP contribution in [0.5, 0.6) is 0 Å². The van der Waals surface area contributed by atoms with Gasteiger partial charge in [-0.25, -0.2) is 0 Å². The van der Waals surface area contributed by atoms with E-state index in [0.717, 1.165) is 31.9 Å². The lowest BCUT2D eigenvalue weighted by molar-refractivity contribution is 0.222. The van der Waals surface area contributed by atoms with E-state index >= 15 is 0 Å². The predicted octanol–water partition coefficient (Wildman–Crippen LogP) is 1.60. The normalized spacial score (nSPS) is 26.4. The molecular formula is C13H19N3O. The Labute approximate surface area is 102 Å². The highest BCUT2D eigenvalue weighted by Gasteiger charge is 2.21. The average molecular weight is 233 g/mol. The van der Waals surface area contributed by atoms with Gasteiger partial charge in [0.2, 0.25) is 0 Å². The molecule has 0 aromatic carbocycles. The monoisotopic (exact) mass is 233 g/mol. The highest BCUT2D eigenvalue weighted by atomic mass is 16.3. The molecule has 1 aromatic heterocycles. The molecule has 92 valence electrons. The molecule has 17 heavy (non-hydrogen) atoms. The second-order valence-corrected chi connectivity index (χ2v) is 4.85. The van der Waals surface area contributed by atoms with Gasteiger partial charge >= 0.3 is 0 Å². The van der Waals surface area contributed by atoms with Crippen LogP contribution >= 0.6 is 0 Å². The fraction of sp³-hybridized carbons (Fsp3) is 0.615. The molecule has 1 fully saturated rings. The van der Waals surface area contributed by atoms with Crippen LogP contribution in [0.1, 0.15) is 19.1 Å². The predicted molar refractivity (Wildman–Crippen MR) is 65.2 cm³/mol. The zero-order valence-corrected chi connectivity index (χ0v) is 10.2. The third-order valence-corrected chi connectivity index (χ3v) is 3.10. The topological polar surface area (TPSA) is 52.2 Å². The van der Waals surface area contributed by atoms with Crippen molar-refractivity contribution < 1.29 is 4.42 Å². The minimum atomic E-state index is 0.278. The first-order chi connectivity index (χ1) is 8.28. The third-order valence-electron chi connectivity index (χ3n) is 3.10. The molecule has 1 aromatic rings. The van der Waals surface area contributed by atoms with E-state index < -0.39 is 0 Å². The summed E-state index contributed by atoms with van der Waals surface area (Å²) in [6, 6.07) is 6.45. The SMILES string of the molecule is CC1CNC(CC#N)CN(Cc2ccco2)C1. The molecule has 4 nitrogen and oxygen atoms in total. The van der Waals surface area contributed by atoms with Crippen LogP contribution in [0.2, 0.25) is 0 Å². The van der Waals surface area contributed by atoms with Crippen molar-refractivity contribution in [2.75, 3.05) is 19.6 Å². The number of hydrogen-bond donors (Lipinski definition) is 1. The van der Waals surface area contributed by atoms with Crippen LogP contribution < -0.4 is 5.32 Å². The van der Waals surface area contributed by atoms with Crippen LogP contribution in [-0.4, -0.2) is 30.6 Å². The summed E-state index contributed by atoms with van der Waals surface area (Å²) in [6.45, 7) is 6.02. The second kappa shape index (κ2) is 5.85. The minimum absolute atomic E-state index is 0.278. The molecule has 2 heterocycles. The Morgan fingerprint density at radius 3 is 3.18 bits per heavy atom. The Balaban J connectivity index is 1.96. The van der Waals surface area contributed by atoms with E-state index in [1.165, 1.54) is 0 Å². The molecule has 0 aliphatic carbocycles. The summed E-state index contributed by atoms with van der Waals surface area (Å²) in [5.74, 6) is 1.60. The van der Waals surface area contributed by atoms with Gasteiger partial charge in [-0.05, 0) is 24.6 Å². The van der Waals surface area contributed by atoms with Gasteiger partial charge in [0.05, 0.1) is 25.3 Å². The third kappa shape index (κ3) is 3.58. The summed E-state index contributed by atoms with van der Waals surface area (Å²) >= 11 is 0. The smallest absolute Gasteiger partial charge is 0.117 e. The largest absolute Gasteiger partial charge is 0.468 e. The Morgan fingerprint density at radius 1 is 1.59 bits per heavy atom. The maximum Gasteiger partial charge on any atom is 0.117 e. The van der Waals surface area contributed by atoms with Gasteiger partial charge < -0.3 is 9.73 Å². The summed E-state index contributed by atoms with van der Waals surface area (Å²) in [4.78, 5) is 2.37. The summed E-state index contributed by atoms with van der Waals surface area (Å²) in [5.41, 5.74) is 0. The van der Waals surface area contributed by atoms with Crippen LogP contribution in [-0.2, 0) is 6.54 Å². The van der Waals surface area contributed by atoms with E-state index in [1.807, 2.05) is 12.1 Å². The zero-order chi connectivity index (χ0) is 12.1. The van der Waals surface area contributed by atoms with Crippen LogP contribution in [0.3, 0.4) is 0 Å². The Bertz CT molecular complexity index is 369. The molecule has 0 radical (unpaired) electrons. The van der Waals surface area contributed by atoms with Gasteiger partial charge in [0, 0.05) is 19.1 Å². The van der Waals surface area contributed by atoms with E-state index in [1.54, 1.807) is 6.26 Å². The standard InChI is InChI=1S/C13H19N3O/c1-11-7-15-12(4-5-14)9-16(8-11)10-13-3-2-6-17-13/h2-3,6,11-12,15H,4,7-10H2,1H3. The van der Waals surface area contributed by atoms with E-state index in [-0.39, 0.29) is 6.04 Å². The van der Waals surface area contributed by atoms with Gasteiger partial charge in [-0.15, -0.1) is 0 Å². The van der Waals surface area contributed by atoms with Gasteiger partial charge in [0.1, 0.15) is 5.76 Å². The molecule has 1 aliphatic rings. The highest BCUT2D eigenvalue weighted by Crippen LogP contribution is 2.12. The number of hydrogen-bond acceptors (Lipinski definition) is 4. The van der Waals surface area contributed by atoms with Crippen LogP contribution in [0.25, 0.3) is 0 Å². The van der Waals surface area contributed by atoms with E-state index in [0.29, 0.717) is 12.3 Å². The van der Waals surface area contributed by atoms with Gasteiger partial charge in [-0.2, -0.15) is 5.26 Å². The van der Waals surface area contributed by atoms with Crippen molar-refractivity contribution in [1.29, 1.82) is 5.26 Å². The molecule has 2 atom stereocenters. The van der Waals surface area contributed by atoms with Crippen LogP contribution in [0, 0.1) is 17.2 Å². The molecule has 1 aliphatic heterocycles. The van der Waals surface area contributed by atoms with Crippen molar-refractivity contribution in [2.45, 2.75) is 25.9 Å². The van der Waals surface area contributed by atoms with E-state index in [4.69, 9.17) is 9.68 Å². The van der Waals surface area contributed by atoms with Crippen LogP contribution in [0.4, 0.5) is 0 Å². The van der Waals surface area contributed by atoms with Gasteiger partial charge in [0.25, 0.3) is 0 Å². The molecule has 0 bridgehead atoms. The van der Waals surface area contributed by atoms with Crippen molar-refractivity contribution in [1.82, 2.24) is 10.2 Å². The van der Waals surface area contributed by atoms with Crippen molar-refractivity contribution in [3.8, 4) is 6.07 Å². The fourth-order valence-corrected chi connectivity index (χ4v) is 2.32. The Morgan fingerprint density at radius 2 is 2.47 bits per heavy atom. The lowest BCUT2D eigenvalue weighted by Gasteiger charge is -2.22. The molecule has 2 rings (SSSR count). The minimum Gasteiger partial charge on any atom is -0.468 e. The molecule has 1 N–H and O–H groups in total. The first-order valence-electron chi connectivity index (χ1n) is 6.13. The number of nitrogens with zero attached hydrogens (tertiary/aromatic N) is 2. The molecular weight excluding hydrogens is 214 g/mol. The molecule has 0 spiro atoms. The van der Waals surface area contributed by atoms with E-state index in [9.17, 15) is 0 Å². The summed E-state index contributed by atoms with van der Waals surface area (Å²) in [5, 5.41) is 12.2. The van der Waals surface area contributed by atoms with Gasteiger partial charge in [-0.3, -0.25) is 4.90 Å². The second-order valence-electron chi connectivity index (χ2n) is 4.85. The quantitative estimate of drug-likeness (QED) is 0.861. The summed E-state index contributed by atoms with van der Waals surface area (Å²) < 4.78 is 5.38. The van der Waals surface area contributed by atoms with Crippen molar-refractivity contribution in [3.63, 3.8) is 0 Å². The molecule has 0 saturated carbocycles. The fourth-order valence-electron chi connectivity index (χ4n) is 2.32. The molecule has 4 heteroatoms. The maximum atomic E-state index is 8.79. The van der Waals surface area contributed by atoms with E-state index in [2.05, 4.69) is 23.2 Å². The Hall–Kier alpha value is -1.31. The Kier molecular flexibility index (Phi) is 4.18. The first kappa shape index (κ1) is 12.2. The molecule has 0 amide bonds. The van der Waals surface area contributed by atoms with Crippen molar-refractivity contribution in [2.24, 2.45) is 5.92 Å². The highest BCUT2D eigenvalue weighted by molar-refractivity contribution is 4.99. The first-order valence-corrected chi connectivity index (χ1v) is 6.13. The zero-order valence-electron chi connectivity index (χ0n) is 10.2. The lowest BCUT2D eigenvalue weighted by atomic mass is 10.2. The number of furan rings is 1. The summed E-state index contributed by atoms with van der Waals surface area (Å²) in [7, 11) is 0. The van der Waals surface area contributed by atoms with Gasteiger partial charge in [-0.1, -0.05) is 6.92 Å². The van der Waals surface area contributed by atoms with Crippen LogP contribution in [0.15, 0.2) is 22.8 Å². The number of nitrogens with one attached hydrogen (secondary N) is 1. The van der Waals surface area contributed by atoms with Gasteiger partial charge in [0.15, 0.2) is 0 Å².